The zero-order valence-electron chi connectivity index (χ0n) is 23.6. The summed E-state index contributed by atoms with van der Waals surface area (Å²) in [4.78, 5) is 32.7. The van der Waals surface area contributed by atoms with Gasteiger partial charge in [0, 0.05) is 32.0 Å². The molecular formula is C29H42N4O6S. The number of carbonyl (C=O) groups excluding carboxylic acids is 2. The van der Waals surface area contributed by atoms with Crippen LogP contribution in [0.15, 0.2) is 60.9 Å². The summed E-state index contributed by atoms with van der Waals surface area (Å²) < 4.78 is 33.5. The minimum Gasteiger partial charge on any atom is -0.353 e. The maximum Gasteiger partial charge on any atom is 0.247 e. The van der Waals surface area contributed by atoms with E-state index in [1.807, 2.05) is 85.4 Å². The Morgan fingerprint density at radius 3 is 2.45 bits per heavy atom. The number of rotatable bonds is 15. The van der Waals surface area contributed by atoms with Crippen LogP contribution in [-0.4, -0.2) is 54.9 Å². The Morgan fingerprint density at radius 2 is 1.82 bits per heavy atom. The highest BCUT2D eigenvalue weighted by Crippen LogP contribution is 2.26. The van der Waals surface area contributed by atoms with Crippen LogP contribution in [0.1, 0.15) is 51.5 Å². The lowest BCUT2D eigenvalue weighted by Crippen LogP contribution is -2.51. The number of allylic oxidation sites excluding steroid dienone is 1. The third-order valence-electron chi connectivity index (χ3n) is 6.68. The molecule has 0 bridgehead atoms. The number of hydrazine groups is 1. The van der Waals surface area contributed by atoms with Crippen molar-refractivity contribution in [3.63, 3.8) is 0 Å². The van der Waals surface area contributed by atoms with Crippen molar-refractivity contribution in [2.24, 2.45) is 17.8 Å². The smallest absolute Gasteiger partial charge is 0.247 e. The van der Waals surface area contributed by atoms with E-state index in [0.717, 1.165) is 29.1 Å². The molecule has 2 amide bonds. The summed E-state index contributed by atoms with van der Waals surface area (Å²) in [6, 6.07) is 13.3. The van der Waals surface area contributed by atoms with Gasteiger partial charge in [-0.15, -0.1) is 4.41 Å². The number of nitrogens with zero attached hydrogens (tertiary/aromatic N) is 2. The minimum absolute atomic E-state index is 0.0422. The zero-order valence-corrected chi connectivity index (χ0v) is 24.4. The van der Waals surface area contributed by atoms with Crippen LogP contribution in [-0.2, 0) is 35.7 Å². The van der Waals surface area contributed by atoms with Gasteiger partial charge >= 0.3 is 0 Å². The van der Waals surface area contributed by atoms with Crippen molar-refractivity contribution in [3.05, 3.63) is 66.5 Å². The monoisotopic (exact) mass is 574 g/mol. The zero-order chi connectivity index (χ0) is 29.0. The number of sulfonamides is 1. The Morgan fingerprint density at radius 1 is 1.10 bits per heavy atom. The highest BCUT2D eigenvalue weighted by Gasteiger charge is 2.36. The SMILES string of the molecule is CC(C)C[C@@H](C(=O)NN(CCn1cccc1)S(C)(=O)=O)[C@H](C/C=C/c1ccccc1)C(=O)NOC1CCCCO1. The molecule has 2 N–H and O–H groups in total. The van der Waals surface area contributed by atoms with Crippen LogP contribution in [0.25, 0.3) is 6.08 Å². The van der Waals surface area contributed by atoms with Gasteiger partial charge in [-0.2, -0.15) is 0 Å². The normalized spacial score (nSPS) is 17.7. The molecule has 2 heterocycles. The molecule has 10 nitrogen and oxygen atoms in total. The fourth-order valence-corrected chi connectivity index (χ4v) is 5.24. The molecule has 1 aromatic heterocycles. The Bertz CT molecular complexity index is 1180. The molecule has 1 unspecified atom stereocenters. The van der Waals surface area contributed by atoms with Crippen molar-refractivity contribution >= 4 is 27.9 Å². The van der Waals surface area contributed by atoms with Crippen LogP contribution in [0.4, 0.5) is 0 Å². The quantitative estimate of drug-likeness (QED) is 0.313. The molecule has 1 aliphatic rings. The van der Waals surface area contributed by atoms with E-state index in [9.17, 15) is 18.0 Å². The largest absolute Gasteiger partial charge is 0.353 e. The Balaban J connectivity index is 1.80. The summed E-state index contributed by atoms with van der Waals surface area (Å²) in [5, 5.41) is 0. The van der Waals surface area contributed by atoms with Crippen molar-refractivity contribution in [3.8, 4) is 0 Å². The molecule has 220 valence electrons. The third-order valence-corrected chi connectivity index (χ3v) is 7.75. The van der Waals surface area contributed by atoms with Gasteiger partial charge in [0.05, 0.1) is 24.6 Å². The first-order valence-corrected chi connectivity index (χ1v) is 15.7. The van der Waals surface area contributed by atoms with Crippen molar-refractivity contribution < 1.29 is 27.6 Å². The van der Waals surface area contributed by atoms with E-state index in [1.165, 1.54) is 0 Å². The van der Waals surface area contributed by atoms with E-state index >= 15 is 0 Å². The van der Waals surface area contributed by atoms with E-state index in [-0.39, 0.29) is 18.9 Å². The molecule has 40 heavy (non-hydrogen) atoms. The molecule has 11 heteroatoms. The second kappa shape index (κ2) is 15.7. The van der Waals surface area contributed by atoms with Gasteiger partial charge in [-0.1, -0.05) is 56.3 Å². The molecule has 0 radical (unpaired) electrons. The number of ether oxygens (including phenoxy) is 1. The minimum atomic E-state index is -3.77. The predicted octanol–water partition coefficient (Wildman–Crippen LogP) is 3.74. The molecule has 1 saturated heterocycles. The standard InChI is InChI=1S/C29H42N4O6S/c1-23(2)22-26(28(34)30-33(40(3,36)37)20-19-32-17-8-9-18-32)25(15-11-14-24-12-5-4-6-13-24)29(35)31-39-27-16-7-10-21-38-27/h4-6,8-9,11-14,17-18,23,25-27H,7,10,15-16,19-22H2,1-3H3,(H,30,34)(H,31,35)/b14-11+/t25-,26+,27?/m0/s1. The fourth-order valence-electron chi connectivity index (χ4n) is 4.57. The van der Waals surface area contributed by atoms with Crippen molar-refractivity contribution in [2.45, 2.75) is 58.8 Å². The van der Waals surface area contributed by atoms with Crippen molar-refractivity contribution in [2.75, 3.05) is 19.4 Å². The van der Waals surface area contributed by atoms with E-state index in [2.05, 4.69) is 10.9 Å². The topological polar surface area (TPSA) is 119 Å². The lowest BCUT2D eigenvalue weighted by molar-refractivity contribution is -0.203. The average molecular weight is 575 g/mol. The number of benzene rings is 1. The second-order valence-corrected chi connectivity index (χ2v) is 12.4. The van der Waals surface area contributed by atoms with E-state index in [1.54, 1.807) is 0 Å². The number of aromatic nitrogens is 1. The second-order valence-electron chi connectivity index (χ2n) is 10.5. The molecule has 2 aromatic rings. The molecular weight excluding hydrogens is 532 g/mol. The summed E-state index contributed by atoms with van der Waals surface area (Å²) >= 11 is 0. The van der Waals surface area contributed by atoms with Gasteiger partial charge in [0.25, 0.3) is 0 Å². The predicted molar refractivity (Wildman–Crippen MR) is 153 cm³/mol. The van der Waals surface area contributed by atoms with Crippen LogP contribution in [0.5, 0.6) is 0 Å². The third kappa shape index (κ3) is 10.5. The Labute approximate surface area is 237 Å². The van der Waals surface area contributed by atoms with Gasteiger partial charge in [-0.25, -0.2) is 18.7 Å². The Kier molecular flexibility index (Phi) is 12.4. The lowest BCUT2D eigenvalue weighted by Gasteiger charge is -2.30. The maximum atomic E-state index is 13.7. The van der Waals surface area contributed by atoms with E-state index < -0.39 is 40.0 Å². The summed E-state index contributed by atoms with van der Waals surface area (Å²) in [6.45, 7) is 4.88. The van der Waals surface area contributed by atoms with Crippen LogP contribution < -0.4 is 10.9 Å². The van der Waals surface area contributed by atoms with Crippen LogP contribution in [0.2, 0.25) is 0 Å². The van der Waals surface area contributed by atoms with Crippen LogP contribution in [0.3, 0.4) is 0 Å². The van der Waals surface area contributed by atoms with Gasteiger partial charge in [0.2, 0.25) is 21.8 Å². The molecule has 1 aliphatic heterocycles. The molecule has 0 aliphatic carbocycles. The average Bonchev–Trinajstić information content (AvgIpc) is 3.45. The molecule has 1 aromatic carbocycles. The highest BCUT2D eigenvalue weighted by molar-refractivity contribution is 7.88. The number of hydrogen-bond acceptors (Lipinski definition) is 6. The maximum absolute atomic E-state index is 13.7. The van der Waals surface area contributed by atoms with Gasteiger partial charge in [-0.05, 0) is 49.3 Å². The lowest BCUT2D eigenvalue weighted by atomic mass is 9.82. The van der Waals surface area contributed by atoms with Gasteiger partial charge < -0.3 is 9.30 Å². The fraction of sp³-hybridized carbons (Fsp3) is 0.517. The number of hydrogen-bond donors (Lipinski definition) is 2. The Hall–Kier alpha value is -2.99. The number of amides is 2. The first-order chi connectivity index (χ1) is 19.1. The van der Waals surface area contributed by atoms with E-state index in [4.69, 9.17) is 9.57 Å². The summed E-state index contributed by atoms with van der Waals surface area (Å²) in [5.41, 5.74) is 6.09. The van der Waals surface area contributed by atoms with Crippen molar-refractivity contribution in [1.82, 2.24) is 19.9 Å². The number of nitrogens with one attached hydrogen (secondary N) is 2. The molecule has 0 spiro atoms. The summed E-state index contributed by atoms with van der Waals surface area (Å²) in [6.07, 6.45) is 11.1. The number of carbonyl (C=O) groups is 2. The van der Waals surface area contributed by atoms with Crippen LogP contribution in [0, 0.1) is 17.8 Å². The van der Waals surface area contributed by atoms with Crippen LogP contribution >= 0.6 is 0 Å². The van der Waals surface area contributed by atoms with Gasteiger partial charge in [0.15, 0.2) is 6.29 Å². The molecule has 0 saturated carbocycles. The van der Waals surface area contributed by atoms with Crippen molar-refractivity contribution in [1.29, 1.82) is 0 Å². The number of hydroxylamine groups is 1. The molecule has 1 fully saturated rings. The first-order valence-electron chi connectivity index (χ1n) is 13.8. The molecule has 3 rings (SSSR count). The summed E-state index contributed by atoms with van der Waals surface area (Å²) in [7, 11) is -3.77. The highest BCUT2D eigenvalue weighted by atomic mass is 32.2. The van der Waals surface area contributed by atoms with Gasteiger partial charge in [0.1, 0.15) is 0 Å². The van der Waals surface area contributed by atoms with E-state index in [0.29, 0.717) is 26.0 Å². The first kappa shape index (κ1) is 31.5. The van der Waals surface area contributed by atoms with Gasteiger partial charge in [-0.3, -0.25) is 15.0 Å². The summed E-state index contributed by atoms with van der Waals surface area (Å²) in [5.74, 6) is -2.54. The molecule has 3 atom stereocenters.